The van der Waals surface area contributed by atoms with Crippen LogP contribution in [-0.4, -0.2) is 179 Å². The topological polar surface area (TPSA) is 222 Å². The van der Waals surface area contributed by atoms with Gasteiger partial charge in [-0.15, -0.1) is 0 Å². The summed E-state index contributed by atoms with van der Waals surface area (Å²) in [6.07, 6.45) is 1.20. The summed E-state index contributed by atoms with van der Waals surface area (Å²) in [4.78, 5) is 43.5. The van der Waals surface area contributed by atoms with E-state index in [1.807, 2.05) is 0 Å². The molecule has 1 amide bonds. The number of rotatable bonds is 39. The van der Waals surface area contributed by atoms with Crippen molar-refractivity contribution in [2.45, 2.75) is 25.7 Å². The van der Waals surface area contributed by atoms with Crippen molar-refractivity contribution in [1.82, 2.24) is 5.32 Å². The summed E-state index contributed by atoms with van der Waals surface area (Å²) < 4.78 is 58.2. The molecule has 18 heteroatoms. The van der Waals surface area contributed by atoms with E-state index < -0.39 is 24.5 Å². The average molecular weight is 702 g/mol. The summed E-state index contributed by atoms with van der Waals surface area (Å²) in [5, 5.41) is 19.5. The van der Waals surface area contributed by atoms with E-state index in [9.17, 15) is 19.2 Å². The Morgan fingerprint density at radius 1 is 0.396 bits per heavy atom. The molecule has 0 aliphatic carbocycles. The lowest BCUT2D eigenvalue weighted by Crippen LogP contribution is -2.31. The van der Waals surface area contributed by atoms with Crippen molar-refractivity contribution in [2.75, 3.05) is 145 Å². The number of hydrogen-bond donors (Lipinski definition) is 3. The molecule has 0 rings (SSSR count). The standard InChI is InChI=1S/C30H55NO17/c32-27(25-47-26-29(35)36)31-5-6-38-7-8-39-9-10-40-11-12-41-13-14-42-15-16-43-17-18-44-19-20-45-21-22-46-23-24-48-30(37)4-2-1-3-28(33)34/h1-26H2,(H,31,32)(H,33,34)(H,35,36). The van der Waals surface area contributed by atoms with E-state index in [4.69, 9.17) is 57.6 Å². The first kappa shape index (κ1) is 45.5. The highest BCUT2D eigenvalue weighted by Gasteiger charge is 2.05. The summed E-state index contributed by atoms with van der Waals surface area (Å²) >= 11 is 0. The van der Waals surface area contributed by atoms with Crippen molar-refractivity contribution in [3.05, 3.63) is 0 Å². The normalized spacial score (nSPS) is 11.1. The zero-order valence-electron chi connectivity index (χ0n) is 27.9. The van der Waals surface area contributed by atoms with Crippen LogP contribution in [-0.2, 0) is 71.3 Å². The summed E-state index contributed by atoms with van der Waals surface area (Å²) in [7, 11) is 0. The van der Waals surface area contributed by atoms with Gasteiger partial charge in [0, 0.05) is 19.4 Å². The van der Waals surface area contributed by atoms with Gasteiger partial charge in [-0.3, -0.25) is 14.4 Å². The Hall–Kier alpha value is -2.52. The van der Waals surface area contributed by atoms with Crippen LogP contribution in [0.3, 0.4) is 0 Å². The van der Waals surface area contributed by atoms with Gasteiger partial charge in [0.05, 0.1) is 119 Å². The number of hydrogen-bond acceptors (Lipinski definition) is 15. The third kappa shape index (κ3) is 39.7. The molecule has 0 saturated carbocycles. The second kappa shape index (κ2) is 37.3. The molecule has 0 atom stereocenters. The lowest BCUT2D eigenvalue weighted by atomic mass is 10.2. The van der Waals surface area contributed by atoms with Crippen molar-refractivity contribution >= 4 is 23.8 Å². The molecule has 0 aliphatic rings. The largest absolute Gasteiger partial charge is 0.481 e. The number of carbonyl (C=O) groups excluding carboxylic acids is 2. The van der Waals surface area contributed by atoms with Gasteiger partial charge in [-0.25, -0.2) is 4.79 Å². The molecule has 0 fully saturated rings. The maximum atomic E-state index is 11.5. The Morgan fingerprint density at radius 2 is 0.750 bits per heavy atom. The fourth-order valence-corrected chi connectivity index (χ4v) is 3.24. The Kier molecular flexibility index (Phi) is 35.3. The summed E-state index contributed by atoms with van der Waals surface area (Å²) in [6.45, 7) is 7.03. The molecule has 48 heavy (non-hydrogen) atoms. The van der Waals surface area contributed by atoms with Gasteiger partial charge in [-0.2, -0.15) is 0 Å². The van der Waals surface area contributed by atoms with Gasteiger partial charge < -0.3 is 67.6 Å². The third-order valence-corrected chi connectivity index (χ3v) is 5.52. The summed E-state index contributed by atoms with van der Waals surface area (Å²) in [6, 6.07) is 0. The smallest absolute Gasteiger partial charge is 0.329 e. The maximum absolute atomic E-state index is 11.5. The minimum Gasteiger partial charge on any atom is -0.481 e. The monoisotopic (exact) mass is 701 g/mol. The van der Waals surface area contributed by atoms with Crippen molar-refractivity contribution in [3.63, 3.8) is 0 Å². The molecule has 0 aliphatic heterocycles. The highest BCUT2D eigenvalue weighted by molar-refractivity contribution is 5.77. The lowest BCUT2D eigenvalue weighted by Gasteiger charge is -2.09. The molecule has 0 bridgehead atoms. The van der Waals surface area contributed by atoms with Crippen LogP contribution in [0.15, 0.2) is 0 Å². The Morgan fingerprint density at radius 3 is 1.12 bits per heavy atom. The number of carbonyl (C=O) groups is 4. The van der Waals surface area contributed by atoms with Crippen LogP contribution in [0.2, 0.25) is 0 Å². The Bertz CT molecular complexity index is 774. The third-order valence-electron chi connectivity index (χ3n) is 5.52. The summed E-state index contributed by atoms with van der Waals surface area (Å²) in [5.41, 5.74) is 0. The van der Waals surface area contributed by atoms with Crippen LogP contribution in [0.25, 0.3) is 0 Å². The molecule has 0 aromatic rings. The predicted molar refractivity (Wildman–Crippen MR) is 166 cm³/mol. The fourth-order valence-electron chi connectivity index (χ4n) is 3.24. The minimum absolute atomic E-state index is 0.0520. The van der Waals surface area contributed by atoms with Crippen LogP contribution < -0.4 is 5.32 Å². The molecule has 0 heterocycles. The van der Waals surface area contributed by atoms with Gasteiger partial charge in [0.1, 0.15) is 19.8 Å². The molecule has 0 aromatic heterocycles. The first-order valence-corrected chi connectivity index (χ1v) is 16.0. The Balaban J connectivity index is 3.14. The highest BCUT2D eigenvalue weighted by Crippen LogP contribution is 2.01. The van der Waals surface area contributed by atoms with Gasteiger partial charge in [0.25, 0.3) is 0 Å². The van der Waals surface area contributed by atoms with Crippen molar-refractivity contribution in [1.29, 1.82) is 0 Å². The van der Waals surface area contributed by atoms with Crippen LogP contribution in [0.4, 0.5) is 0 Å². The van der Waals surface area contributed by atoms with Crippen LogP contribution >= 0.6 is 0 Å². The molecule has 0 unspecified atom stereocenters. The molecule has 0 radical (unpaired) electrons. The molecule has 0 aromatic carbocycles. The van der Waals surface area contributed by atoms with E-state index in [0.717, 1.165) is 0 Å². The maximum Gasteiger partial charge on any atom is 0.329 e. The van der Waals surface area contributed by atoms with Crippen molar-refractivity contribution < 1.29 is 81.5 Å². The zero-order chi connectivity index (χ0) is 35.2. The highest BCUT2D eigenvalue weighted by atomic mass is 16.6. The predicted octanol–water partition coefficient (Wildman–Crippen LogP) is -0.459. The molecular formula is C30H55NO17. The fraction of sp³-hybridized carbons (Fsp3) is 0.867. The Labute approximate surface area is 281 Å². The number of ether oxygens (including phenoxy) is 11. The molecule has 0 saturated heterocycles. The van der Waals surface area contributed by atoms with Crippen LogP contribution in [0.5, 0.6) is 0 Å². The lowest BCUT2D eigenvalue weighted by molar-refractivity contribution is -0.146. The first-order valence-electron chi connectivity index (χ1n) is 16.0. The number of unbranched alkanes of at least 4 members (excludes halogenated alkanes) is 1. The zero-order valence-corrected chi connectivity index (χ0v) is 27.9. The van der Waals surface area contributed by atoms with Gasteiger partial charge in [0.15, 0.2) is 0 Å². The van der Waals surface area contributed by atoms with Crippen molar-refractivity contribution in [3.8, 4) is 0 Å². The van der Waals surface area contributed by atoms with E-state index in [1.165, 1.54) is 0 Å². The van der Waals surface area contributed by atoms with Crippen LogP contribution in [0.1, 0.15) is 25.7 Å². The van der Waals surface area contributed by atoms with E-state index in [2.05, 4.69) is 10.1 Å². The summed E-state index contributed by atoms with van der Waals surface area (Å²) in [5.74, 6) is -2.76. The molecular weight excluding hydrogens is 646 g/mol. The number of aliphatic carboxylic acids is 2. The molecule has 3 N–H and O–H groups in total. The molecule has 0 spiro atoms. The number of nitrogens with one attached hydrogen (secondary N) is 1. The quantitative estimate of drug-likeness (QED) is 0.0545. The first-order chi connectivity index (χ1) is 23.4. The van der Waals surface area contributed by atoms with Crippen LogP contribution in [0, 0.1) is 0 Å². The number of carboxylic acids is 2. The van der Waals surface area contributed by atoms with Gasteiger partial charge >= 0.3 is 17.9 Å². The van der Waals surface area contributed by atoms with Crippen molar-refractivity contribution in [2.24, 2.45) is 0 Å². The molecule has 282 valence electrons. The SMILES string of the molecule is O=C(O)CCCCC(=O)OCCOCCOCCOCCOCCOCCOCCOCCOCCOCCNC(=O)COCC(=O)O. The second-order valence-corrected chi connectivity index (χ2v) is 9.57. The second-order valence-electron chi connectivity index (χ2n) is 9.57. The number of amides is 1. The molecule has 18 nitrogen and oxygen atoms in total. The van der Waals surface area contributed by atoms with Gasteiger partial charge in [0.2, 0.25) is 5.91 Å². The van der Waals surface area contributed by atoms with E-state index in [0.29, 0.717) is 132 Å². The van der Waals surface area contributed by atoms with E-state index in [-0.39, 0.29) is 38.6 Å². The average Bonchev–Trinajstić information content (AvgIpc) is 3.05. The van der Waals surface area contributed by atoms with E-state index >= 15 is 0 Å². The minimum atomic E-state index is -1.13. The van der Waals surface area contributed by atoms with Gasteiger partial charge in [-0.1, -0.05) is 0 Å². The number of carboxylic acid groups (broad SMARTS) is 2. The van der Waals surface area contributed by atoms with E-state index in [1.54, 1.807) is 0 Å². The number of esters is 1. The van der Waals surface area contributed by atoms with Gasteiger partial charge in [-0.05, 0) is 12.8 Å².